The lowest BCUT2D eigenvalue weighted by Gasteiger charge is -2.36. The number of nitrogens with zero attached hydrogens (tertiary/aromatic N) is 3. The lowest BCUT2D eigenvalue weighted by atomic mass is 10.2. The van der Waals surface area contributed by atoms with Crippen LogP contribution in [-0.4, -0.2) is 19.6 Å². The second kappa shape index (κ2) is 7.64. The number of rotatable bonds is 4. The fourth-order valence-electron chi connectivity index (χ4n) is 3.07. The average molecular weight is 372 g/mol. The Morgan fingerprint density at radius 1 is 0.786 bits per heavy atom. The predicted octanol–water partition coefficient (Wildman–Crippen LogP) is 4.46. The number of anilines is 2. The number of hydrazone groups is 1. The lowest BCUT2D eigenvalue weighted by Crippen LogP contribution is -2.53. The first-order valence-corrected chi connectivity index (χ1v) is 9.30. The van der Waals surface area contributed by atoms with Gasteiger partial charge in [0.15, 0.2) is 5.84 Å². The molecule has 5 nitrogen and oxygen atoms in total. The summed E-state index contributed by atoms with van der Waals surface area (Å²) in [6.45, 7) is 4.79. The standard InChI is InChI=1S/C23H24N4O/c1-17-4-10-20(11-5-17)26-16-27(21-12-6-18(2)7-13-21)25-23(24-26)19-8-14-22(28-3)15-9-19/h4-15H,16H2,1-3H3,(H,24,25). The van der Waals surface area contributed by atoms with Gasteiger partial charge in [-0.3, -0.25) is 10.4 Å². The second-order valence-corrected chi connectivity index (χ2v) is 6.93. The minimum Gasteiger partial charge on any atom is -0.497 e. The molecule has 1 N–H and O–H groups in total. The van der Waals surface area contributed by atoms with Gasteiger partial charge in [0.25, 0.3) is 0 Å². The van der Waals surface area contributed by atoms with Crippen LogP contribution >= 0.6 is 0 Å². The molecule has 0 fully saturated rings. The molecule has 3 aromatic rings. The van der Waals surface area contributed by atoms with Crippen molar-refractivity contribution in [3.05, 3.63) is 89.5 Å². The minimum absolute atomic E-state index is 0.603. The number of hydrogen-bond donors (Lipinski definition) is 1. The topological polar surface area (TPSA) is 40.1 Å². The van der Waals surface area contributed by atoms with Gasteiger partial charge >= 0.3 is 0 Å². The molecule has 3 aromatic carbocycles. The highest BCUT2D eigenvalue weighted by atomic mass is 16.5. The zero-order chi connectivity index (χ0) is 19.5. The molecule has 1 heterocycles. The van der Waals surface area contributed by atoms with Crippen LogP contribution in [0.4, 0.5) is 11.4 Å². The van der Waals surface area contributed by atoms with Crippen molar-refractivity contribution in [2.24, 2.45) is 5.10 Å². The molecular formula is C23H24N4O. The Morgan fingerprint density at radius 3 is 1.93 bits per heavy atom. The maximum Gasteiger partial charge on any atom is 0.172 e. The quantitative estimate of drug-likeness (QED) is 0.734. The zero-order valence-electron chi connectivity index (χ0n) is 16.4. The van der Waals surface area contributed by atoms with E-state index in [2.05, 4.69) is 72.8 Å². The van der Waals surface area contributed by atoms with E-state index >= 15 is 0 Å². The molecular weight excluding hydrogens is 348 g/mol. The van der Waals surface area contributed by atoms with Crippen molar-refractivity contribution in [1.82, 2.24) is 5.43 Å². The van der Waals surface area contributed by atoms with Crippen molar-refractivity contribution >= 4 is 17.2 Å². The summed E-state index contributed by atoms with van der Waals surface area (Å²) in [7, 11) is 1.67. The van der Waals surface area contributed by atoms with Gasteiger partial charge in [-0.05, 0) is 62.4 Å². The molecule has 5 heteroatoms. The maximum atomic E-state index is 5.28. The maximum absolute atomic E-state index is 5.28. The van der Waals surface area contributed by atoms with Crippen LogP contribution in [0.15, 0.2) is 77.9 Å². The fourth-order valence-corrected chi connectivity index (χ4v) is 3.07. The Kier molecular flexibility index (Phi) is 4.89. The van der Waals surface area contributed by atoms with Crippen LogP contribution in [0.5, 0.6) is 5.75 Å². The van der Waals surface area contributed by atoms with Gasteiger partial charge in [0, 0.05) is 5.56 Å². The predicted molar refractivity (Wildman–Crippen MR) is 115 cm³/mol. The van der Waals surface area contributed by atoms with Gasteiger partial charge in [0.05, 0.1) is 18.5 Å². The molecule has 0 radical (unpaired) electrons. The number of amidine groups is 1. The molecule has 1 aliphatic rings. The number of ether oxygens (including phenoxy) is 1. The van der Waals surface area contributed by atoms with E-state index in [0.29, 0.717) is 6.67 Å². The van der Waals surface area contributed by atoms with Crippen LogP contribution < -0.4 is 20.2 Å². The summed E-state index contributed by atoms with van der Waals surface area (Å²) in [6, 6.07) is 24.8. The third kappa shape index (κ3) is 3.78. The number of hydrazine groups is 1. The first kappa shape index (κ1) is 17.9. The van der Waals surface area contributed by atoms with Gasteiger partial charge in [0.1, 0.15) is 12.4 Å². The van der Waals surface area contributed by atoms with Crippen LogP contribution in [0.2, 0.25) is 0 Å². The van der Waals surface area contributed by atoms with Crippen LogP contribution in [0.1, 0.15) is 16.7 Å². The van der Waals surface area contributed by atoms with Crippen LogP contribution in [0.25, 0.3) is 0 Å². The third-order valence-corrected chi connectivity index (χ3v) is 4.78. The largest absolute Gasteiger partial charge is 0.497 e. The number of aryl methyl sites for hydroxylation is 2. The Morgan fingerprint density at radius 2 is 1.36 bits per heavy atom. The molecule has 1 aliphatic heterocycles. The number of nitrogens with one attached hydrogen (secondary N) is 1. The van der Waals surface area contributed by atoms with Gasteiger partial charge in [-0.15, -0.1) is 0 Å². The van der Waals surface area contributed by atoms with Gasteiger partial charge in [-0.1, -0.05) is 35.4 Å². The minimum atomic E-state index is 0.603. The Balaban J connectivity index is 1.71. The van der Waals surface area contributed by atoms with Crippen molar-refractivity contribution in [1.29, 1.82) is 0 Å². The molecule has 4 rings (SSSR count). The fraction of sp³-hybridized carbons (Fsp3) is 0.174. The van der Waals surface area contributed by atoms with Crippen LogP contribution in [0.3, 0.4) is 0 Å². The smallest absolute Gasteiger partial charge is 0.172 e. The molecule has 142 valence electrons. The molecule has 0 saturated heterocycles. The van der Waals surface area contributed by atoms with Crippen molar-refractivity contribution in [2.75, 3.05) is 23.8 Å². The Bertz CT molecular complexity index is 963. The van der Waals surface area contributed by atoms with E-state index in [4.69, 9.17) is 9.84 Å². The first-order chi connectivity index (χ1) is 13.6. The van der Waals surface area contributed by atoms with E-state index in [1.807, 2.05) is 29.3 Å². The highest BCUT2D eigenvalue weighted by Gasteiger charge is 2.21. The van der Waals surface area contributed by atoms with Crippen molar-refractivity contribution < 1.29 is 4.74 Å². The molecule has 0 amide bonds. The summed E-state index contributed by atoms with van der Waals surface area (Å²) in [5, 5.41) is 8.97. The Labute approximate surface area is 165 Å². The van der Waals surface area contributed by atoms with Crippen molar-refractivity contribution in [2.45, 2.75) is 13.8 Å². The zero-order valence-corrected chi connectivity index (χ0v) is 16.4. The van der Waals surface area contributed by atoms with Gasteiger partial charge in [-0.25, -0.2) is 5.01 Å². The molecule has 0 atom stereocenters. The average Bonchev–Trinajstić information content (AvgIpc) is 2.74. The molecule has 0 unspecified atom stereocenters. The molecule has 0 aromatic heterocycles. The van der Waals surface area contributed by atoms with E-state index < -0.39 is 0 Å². The van der Waals surface area contributed by atoms with E-state index in [-0.39, 0.29) is 0 Å². The SMILES string of the molecule is COc1ccc(C2=NN(c3ccc(C)cc3)CN(c3ccc(C)cc3)N2)cc1. The van der Waals surface area contributed by atoms with Gasteiger partial charge in [0.2, 0.25) is 0 Å². The highest BCUT2D eigenvalue weighted by molar-refractivity contribution is 6.00. The monoisotopic (exact) mass is 372 g/mol. The summed E-state index contributed by atoms with van der Waals surface area (Å²) in [5.41, 5.74) is 9.05. The summed E-state index contributed by atoms with van der Waals surface area (Å²) >= 11 is 0. The van der Waals surface area contributed by atoms with Gasteiger partial charge < -0.3 is 4.74 Å². The van der Waals surface area contributed by atoms with Gasteiger partial charge in [-0.2, -0.15) is 5.10 Å². The normalized spacial score (nSPS) is 13.8. The highest BCUT2D eigenvalue weighted by Crippen LogP contribution is 2.23. The molecule has 28 heavy (non-hydrogen) atoms. The molecule has 0 spiro atoms. The first-order valence-electron chi connectivity index (χ1n) is 9.30. The second-order valence-electron chi connectivity index (χ2n) is 6.93. The number of methoxy groups -OCH3 is 1. The molecule has 0 saturated carbocycles. The molecule has 0 bridgehead atoms. The van der Waals surface area contributed by atoms with Crippen molar-refractivity contribution in [3.63, 3.8) is 0 Å². The lowest BCUT2D eigenvalue weighted by molar-refractivity contribution is 0.415. The Hall–Kier alpha value is -3.47. The summed E-state index contributed by atoms with van der Waals surface area (Å²) in [6.07, 6.45) is 0. The summed E-state index contributed by atoms with van der Waals surface area (Å²) in [5.74, 6) is 1.61. The van der Waals surface area contributed by atoms with Crippen LogP contribution in [0, 0.1) is 13.8 Å². The molecule has 0 aliphatic carbocycles. The summed E-state index contributed by atoms with van der Waals surface area (Å²) in [4.78, 5) is 0. The van der Waals surface area contributed by atoms with E-state index in [0.717, 1.165) is 28.5 Å². The van der Waals surface area contributed by atoms with E-state index in [1.165, 1.54) is 11.1 Å². The third-order valence-electron chi connectivity index (χ3n) is 4.78. The summed E-state index contributed by atoms with van der Waals surface area (Å²) < 4.78 is 5.28. The van der Waals surface area contributed by atoms with E-state index in [1.54, 1.807) is 7.11 Å². The number of benzene rings is 3. The number of hydrogen-bond acceptors (Lipinski definition) is 5. The van der Waals surface area contributed by atoms with Crippen LogP contribution in [-0.2, 0) is 0 Å². The van der Waals surface area contributed by atoms with E-state index in [9.17, 15) is 0 Å². The van der Waals surface area contributed by atoms with Crippen molar-refractivity contribution in [3.8, 4) is 5.75 Å².